The van der Waals surface area contributed by atoms with Crippen molar-refractivity contribution in [3.05, 3.63) is 46.7 Å². The van der Waals surface area contributed by atoms with Crippen LogP contribution >= 0.6 is 15.9 Å². The van der Waals surface area contributed by atoms with Crippen molar-refractivity contribution in [1.82, 2.24) is 9.97 Å². The first kappa shape index (κ1) is 16.2. The Hall–Kier alpha value is -2.21. The monoisotopic (exact) mass is 360 g/mol. The minimum Gasteiger partial charge on any atom is -0.439 e. The molecular weight excluding hydrogens is 344 g/mol. The van der Waals surface area contributed by atoms with E-state index in [1.807, 2.05) is 32.0 Å². The van der Waals surface area contributed by atoms with Gasteiger partial charge in [0.25, 0.3) is 0 Å². The Morgan fingerprint density at radius 3 is 2.68 bits per heavy atom. The van der Waals surface area contributed by atoms with Crippen LogP contribution in [0.25, 0.3) is 11.3 Å². The number of benzene rings is 1. The van der Waals surface area contributed by atoms with Crippen molar-refractivity contribution < 1.29 is 4.74 Å². The molecule has 0 radical (unpaired) electrons. The fraction of sp³-hybridized carbons (Fsp3) is 0.188. The number of aliphatic imine (C=N–C) groups is 1. The zero-order valence-electron chi connectivity index (χ0n) is 12.7. The second kappa shape index (κ2) is 6.70. The summed E-state index contributed by atoms with van der Waals surface area (Å²) in [6.45, 7) is 7.54. The molecule has 1 heterocycles. The maximum absolute atomic E-state index is 5.84. The molecular formula is C16H17BrN4O. The smallest absolute Gasteiger partial charge is 0.213 e. The first-order valence-electron chi connectivity index (χ1n) is 6.64. The van der Waals surface area contributed by atoms with Crippen LogP contribution in [0.5, 0.6) is 5.75 Å². The largest absolute Gasteiger partial charge is 0.439 e. The van der Waals surface area contributed by atoms with Gasteiger partial charge in [-0.15, -0.1) is 0 Å². The average Bonchev–Trinajstić information content (AvgIpc) is 2.49. The summed E-state index contributed by atoms with van der Waals surface area (Å²) >= 11 is 3.28. The average molecular weight is 361 g/mol. The van der Waals surface area contributed by atoms with Gasteiger partial charge in [-0.25, -0.2) is 9.97 Å². The molecule has 1 aromatic carbocycles. The van der Waals surface area contributed by atoms with Gasteiger partial charge in [0, 0.05) is 12.6 Å². The molecule has 0 aliphatic heterocycles. The van der Waals surface area contributed by atoms with Crippen molar-refractivity contribution >= 4 is 27.6 Å². The van der Waals surface area contributed by atoms with E-state index < -0.39 is 0 Å². The van der Waals surface area contributed by atoms with Crippen LogP contribution in [0, 0.1) is 13.8 Å². The van der Waals surface area contributed by atoms with Crippen LogP contribution in [-0.4, -0.2) is 22.9 Å². The van der Waals surface area contributed by atoms with Crippen LogP contribution in [0.2, 0.25) is 0 Å². The number of halogens is 1. The lowest BCUT2D eigenvalue weighted by molar-refractivity contribution is 0.554. The third-order valence-corrected chi connectivity index (χ3v) is 3.71. The van der Waals surface area contributed by atoms with Crippen LogP contribution < -0.4 is 10.5 Å². The number of nitrogen functional groups attached to an aromatic ring is 1. The van der Waals surface area contributed by atoms with Gasteiger partial charge in [0.15, 0.2) is 5.82 Å². The number of ether oxygens (including phenoxy) is 1. The highest BCUT2D eigenvalue weighted by molar-refractivity contribution is 9.10. The van der Waals surface area contributed by atoms with Gasteiger partial charge in [-0.2, -0.15) is 0 Å². The number of aryl methyl sites for hydroxylation is 2. The lowest BCUT2D eigenvalue weighted by atomic mass is 10.0. The second-order valence-corrected chi connectivity index (χ2v) is 5.43. The van der Waals surface area contributed by atoms with Crippen LogP contribution in [0.3, 0.4) is 0 Å². The van der Waals surface area contributed by atoms with E-state index in [1.54, 1.807) is 13.1 Å². The molecule has 0 fully saturated rings. The van der Waals surface area contributed by atoms with E-state index in [0.29, 0.717) is 22.1 Å². The molecule has 6 heteroatoms. The molecule has 0 amide bonds. The van der Waals surface area contributed by atoms with E-state index in [9.17, 15) is 0 Å². The van der Waals surface area contributed by atoms with Crippen molar-refractivity contribution in [2.45, 2.75) is 13.8 Å². The SMILES string of the molecule is C=CC(=NC)Oc1ccc(-c2nc(N)c(Br)nc2C)c(C)c1. The van der Waals surface area contributed by atoms with E-state index in [4.69, 9.17) is 10.5 Å². The third-order valence-electron chi connectivity index (χ3n) is 3.12. The molecule has 0 aliphatic rings. The number of rotatable bonds is 3. The second-order valence-electron chi connectivity index (χ2n) is 4.68. The summed E-state index contributed by atoms with van der Waals surface area (Å²) in [5.74, 6) is 1.53. The molecule has 1 aromatic heterocycles. The molecule has 0 saturated carbocycles. The summed E-state index contributed by atoms with van der Waals surface area (Å²) in [4.78, 5) is 12.7. The van der Waals surface area contributed by atoms with Gasteiger partial charge in [-0.3, -0.25) is 4.99 Å². The predicted molar refractivity (Wildman–Crippen MR) is 93.2 cm³/mol. The Morgan fingerprint density at radius 2 is 2.09 bits per heavy atom. The number of hydrogen-bond acceptors (Lipinski definition) is 5. The van der Waals surface area contributed by atoms with Crippen molar-refractivity contribution in [3.63, 3.8) is 0 Å². The van der Waals surface area contributed by atoms with Crippen molar-refractivity contribution in [3.8, 4) is 17.0 Å². The number of nitrogens with two attached hydrogens (primary N) is 1. The summed E-state index contributed by atoms with van der Waals surface area (Å²) in [5.41, 5.74) is 9.38. The quantitative estimate of drug-likeness (QED) is 0.668. The van der Waals surface area contributed by atoms with Gasteiger partial charge >= 0.3 is 0 Å². The zero-order chi connectivity index (χ0) is 16.3. The van der Waals surface area contributed by atoms with Gasteiger partial charge < -0.3 is 10.5 Å². The van der Waals surface area contributed by atoms with E-state index >= 15 is 0 Å². The molecule has 114 valence electrons. The summed E-state index contributed by atoms with van der Waals surface area (Å²) < 4.78 is 6.18. The highest BCUT2D eigenvalue weighted by Gasteiger charge is 2.12. The van der Waals surface area contributed by atoms with Crippen molar-refractivity contribution in [2.75, 3.05) is 12.8 Å². The normalized spacial score (nSPS) is 11.4. The maximum atomic E-state index is 5.84. The Kier molecular flexibility index (Phi) is 4.92. The van der Waals surface area contributed by atoms with Crippen LogP contribution in [0.15, 0.2) is 40.4 Å². The highest BCUT2D eigenvalue weighted by atomic mass is 79.9. The molecule has 0 aliphatic carbocycles. The Balaban J connectivity index is 2.42. The van der Waals surface area contributed by atoms with Gasteiger partial charge in [0.2, 0.25) is 5.90 Å². The van der Waals surface area contributed by atoms with Gasteiger partial charge in [0.05, 0.1) is 11.4 Å². The van der Waals surface area contributed by atoms with Crippen LogP contribution in [0.4, 0.5) is 5.82 Å². The van der Waals surface area contributed by atoms with Gasteiger partial charge in [-0.05, 0) is 59.6 Å². The molecule has 2 aromatic rings. The number of hydrogen-bond donors (Lipinski definition) is 1. The topological polar surface area (TPSA) is 73.4 Å². The first-order valence-corrected chi connectivity index (χ1v) is 7.43. The molecule has 0 bridgehead atoms. The van der Waals surface area contributed by atoms with E-state index in [1.165, 1.54) is 0 Å². The summed E-state index contributed by atoms with van der Waals surface area (Å²) in [7, 11) is 1.65. The summed E-state index contributed by atoms with van der Waals surface area (Å²) in [6.07, 6.45) is 1.56. The summed E-state index contributed by atoms with van der Waals surface area (Å²) in [6, 6.07) is 5.71. The fourth-order valence-electron chi connectivity index (χ4n) is 2.02. The number of nitrogens with zero attached hydrogens (tertiary/aromatic N) is 3. The van der Waals surface area contributed by atoms with E-state index in [2.05, 4.69) is 37.5 Å². The molecule has 2 rings (SSSR count). The predicted octanol–water partition coefficient (Wildman–Crippen LogP) is 3.70. The van der Waals surface area contributed by atoms with Crippen molar-refractivity contribution in [1.29, 1.82) is 0 Å². The van der Waals surface area contributed by atoms with E-state index in [0.717, 1.165) is 22.5 Å². The Labute approximate surface area is 138 Å². The van der Waals surface area contributed by atoms with Gasteiger partial charge in [0.1, 0.15) is 10.4 Å². The Bertz CT molecular complexity index is 756. The third kappa shape index (κ3) is 3.33. The standard InChI is InChI=1S/C16H17BrN4O/c1-5-13(19-4)22-11-6-7-12(9(2)8-11)14-10(3)20-15(17)16(18)21-14/h5-8H,1H2,2-4H3,(H2,18,21). The fourth-order valence-corrected chi connectivity index (χ4v) is 2.38. The van der Waals surface area contributed by atoms with Crippen LogP contribution in [-0.2, 0) is 0 Å². The van der Waals surface area contributed by atoms with Crippen molar-refractivity contribution in [2.24, 2.45) is 4.99 Å². The molecule has 22 heavy (non-hydrogen) atoms. The lowest BCUT2D eigenvalue weighted by Gasteiger charge is -2.12. The van der Waals surface area contributed by atoms with E-state index in [-0.39, 0.29) is 0 Å². The summed E-state index contributed by atoms with van der Waals surface area (Å²) in [5, 5.41) is 0. The van der Waals surface area contributed by atoms with Crippen LogP contribution in [0.1, 0.15) is 11.3 Å². The Morgan fingerprint density at radius 1 is 1.36 bits per heavy atom. The molecule has 0 atom stereocenters. The number of aromatic nitrogens is 2. The molecule has 5 nitrogen and oxygen atoms in total. The minimum atomic E-state index is 0.368. The molecule has 0 spiro atoms. The molecule has 0 unspecified atom stereocenters. The molecule has 0 saturated heterocycles. The minimum absolute atomic E-state index is 0.368. The zero-order valence-corrected chi connectivity index (χ0v) is 14.3. The highest BCUT2D eigenvalue weighted by Crippen LogP contribution is 2.29. The first-order chi connectivity index (χ1) is 10.5. The number of anilines is 1. The molecule has 2 N–H and O–H groups in total. The lowest BCUT2D eigenvalue weighted by Crippen LogP contribution is -2.05. The maximum Gasteiger partial charge on any atom is 0.213 e. The van der Waals surface area contributed by atoms with Gasteiger partial charge in [-0.1, -0.05) is 6.58 Å².